The highest BCUT2D eigenvalue weighted by Gasteiger charge is 2.18. The van der Waals surface area contributed by atoms with E-state index >= 15 is 0 Å². The van der Waals surface area contributed by atoms with Crippen molar-refractivity contribution in [1.82, 2.24) is 4.90 Å². The van der Waals surface area contributed by atoms with Gasteiger partial charge in [0.05, 0.1) is 6.61 Å². The number of nitrogens with zero attached hydrogens (tertiary/aromatic N) is 1. The Bertz CT molecular complexity index is 420. The van der Waals surface area contributed by atoms with Crippen molar-refractivity contribution in [3.63, 3.8) is 0 Å². The van der Waals surface area contributed by atoms with Gasteiger partial charge in [0.2, 0.25) is 0 Å². The Morgan fingerprint density at radius 3 is 2.71 bits per heavy atom. The SMILES string of the molecule is CN(CCO)C(=O)C(=O)Nc1cccc(O)c1. The minimum atomic E-state index is -0.813. The van der Waals surface area contributed by atoms with Crippen molar-refractivity contribution in [3.8, 4) is 5.75 Å². The molecule has 6 heteroatoms. The van der Waals surface area contributed by atoms with Crippen molar-refractivity contribution in [3.05, 3.63) is 24.3 Å². The summed E-state index contributed by atoms with van der Waals surface area (Å²) in [6.07, 6.45) is 0. The smallest absolute Gasteiger partial charge is 0.313 e. The molecule has 0 fully saturated rings. The molecule has 17 heavy (non-hydrogen) atoms. The van der Waals surface area contributed by atoms with Gasteiger partial charge in [-0.3, -0.25) is 9.59 Å². The number of phenols is 1. The van der Waals surface area contributed by atoms with Crippen LogP contribution in [0.15, 0.2) is 24.3 Å². The van der Waals surface area contributed by atoms with E-state index in [1.165, 1.54) is 19.2 Å². The summed E-state index contributed by atoms with van der Waals surface area (Å²) in [5.74, 6) is -1.56. The fraction of sp³-hybridized carbons (Fsp3) is 0.273. The number of hydrogen-bond acceptors (Lipinski definition) is 4. The Hall–Kier alpha value is -2.08. The number of carbonyl (C=O) groups excluding carboxylic acids is 2. The number of phenolic OH excluding ortho intramolecular Hbond substituents is 1. The molecule has 0 atom stereocenters. The third kappa shape index (κ3) is 3.76. The van der Waals surface area contributed by atoms with Crippen LogP contribution in [-0.2, 0) is 9.59 Å². The molecule has 0 aromatic heterocycles. The maximum atomic E-state index is 11.5. The molecule has 0 radical (unpaired) electrons. The van der Waals surface area contributed by atoms with E-state index in [0.29, 0.717) is 5.69 Å². The minimum absolute atomic E-state index is 0.000961. The highest BCUT2D eigenvalue weighted by molar-refractivity contribution is 6.39. The fourth-order valence-corrected chi connectivity index (χ4v) is 1.19. The van der Waals surface area contributed by atoms with E-state index in [4.69, 9.17) is 5.11 Å². The van der Waals surface area contributed by atoms with E-state index in [1.807, 2.05) is 0 Å². The summed E-state index contributed by atoms with van der Waals surface area (Å²) in [4.78, 5) is 24.0. The van der Waals surface area contributed by atoms with Gasteiger partial charge in [0, 0.05) is 25.3 Å². The number of anilines is 1. The maximum Gasteiger partial charge on any atom is 0.313 e. The molecular formula is C11H14N2O4. The monoisotopic (exact) mass is 238 g/mol. The topological polar surface area (TPSA) is 89.9 Å². The van der Waals surface area contributed by atoms with Crippen molar-refractivity contribution in [2.75, 3.05) is 25.5 Å². The molecule has 0 bridgehead atoms. The number of carbonyl (C=O) groups is 2. The summed E-state index contributed by atoms with van der Waals surface area (Å²) in [5, 5.41) is 20.2. The Morgan fingerprint density at radius 1 is 1.41 bits per heavy atom. The molecule has 1 aromatic rings. The second-order valence-electron chi connectivity index (χ2n) is 3.45. The molecule has 0 aliphatic heterocycles. The van der Waals surface area contributed by atoms with Crippen LogP contribution < -0.4 is 5.32 Å². The molecule has 0 aliphatic rings. The van der Waals surface area contributed by atoms with Crippen LogP contribution >= 0.6 is 0 Å². The highest BCUT2D eigenvalue weighted by Crippen LogP contribution is 2.15. The third-order valence-corrected chi connectivity index (χ3v) is 2.08. The molecule has 2 amide bonds. The molecule has 0 unspecified atom stereocenters. The molecular weight excluding hydrogens is 224 g/mol. The van der Waals surface area contributed by atoms with Gasteiger partial charge >= 0.3 is 11.8 Å². The van der Waals surface area contributed by atoms with Gasteiger partial charge < -0.3 is 20.4 Å². The van der Waals surface area contributed by atoms with Gasteiger partial charge in [0.1, 0.15) is 5.75 Å². The van der Waals surface area contributed by atoms with Crippen LogP contribution in [0.25, 0.3) is 0 Å². The minimum Gasteiger partial charge on any atom is -0.508 e. The summed E-state index contributed by atoms with van der Waals surface area (Å²) in [6.45, 7) is -0.117. The zero-order chi connectivity index (χ0) is 12.8. The Labute approximate surface area is 98.5 Å². The average molecular weight is 238 g/mol. The lowest BCUT2D eigenvalue weighted by molar-refractivity contribution is -0.142. The lowest BCUT2D eigenvalue weighted by atomic mass is 10.3. The van der Waals surface area contributed by atoms with E-state index in [0.717, 1.165) is 4.90 Å². The standard InChI is InChI=1S/C11H14N2O4/c1-13(5-6-14)11(17)10(16)12-8-3-2-4-9(15)7-8/h2-4,7,14-15H,5-6H2,1H3,(H,12,16). The van der Waals surface area contributed by atoms with Gasteiger partial charge in [-0.25, -0.2) is 0 Å². The van der Waals surface area contributed by atoms with Crippen molar-refractivity contribution < 1.29 is 19.8 Å². The van der Waals surface area contributed by atoms with Gasteiger partial charge in [-0.05, 0) is 12.1 Å². The van der Waals surface area contributed by atoms with Crippen molar-refractivity contribution in [1.29, 1.82) is 0 Å². The van der Waals surface area contributed by atoms with Crippen molar-refractivity contribution in [2.45, 2.75) is 0 Å². The summed E-state index contributed by atoms with van der Waals surface area (Å²) in [5.41, 5.74) is 0.334. The number of aliphatic hydroxyl groups is 1. The van der Waals surface area contributed by atoms with E-state index in [2.05, 4.69) is 5.32 Å². The largest absolute Gasteiger partial charge is 0.508 e. The molecule has 3 N–H and O–H groups in total. The van der Waals surface area contributed by atoms with E-state index in [1.54, 1.807) is 12.1 Å². The molecule has 1 aromatic carbocycles. The van der Waals surface area contributed by atoms with E-state index < -0.39 is 11.8 Å². The summed E-state index contributed by atoms with van der Waals surface area (Å²) < 4.78 is 0. The second-order valence-corrected chi connectivity index (χ2v) is 3.45. The predicted octanol–water partition coefficient (Wildman–Crippen LogP) is -0.219. The second kappa shape index (κ2) is 5.86. The van der Waals surface area contributed by atoms with Crippen LogP contribution in [0.5, 0.6) is 5.75 Å². The molecule has 0 saturated heterocycles. The number of hydrogen-bond donors (Lipinski definition) is 3. The summed E-state index contributed by atoms with van der Waals surface area (Å²) in [6, 6.07) is 5.89. The Kier molecular flexibility index (Phi) is 4.47. The first-order valence-electron chi connectivity index (χ1n) is 5.01. The third-order valence-electron chi connectivity index (χ3n) is 2.08. The molecule has 0 saturated carbocycles. The van der Waals surface area contributed by atoms with Crippen LogP contribution in [0.4, 0.5) is 5.69 Å². The van der Waals surface area contributed by atoms with Crippen LogP contribution in [0.3, 0.4) is 0 Å². The zero-order valence-corrected chi connectivity index (χ0v) is 9.38. The van der Waals surface area contributed by atoms with E-state index in [-0.39, 0.29) is 18.9 Å². The van der Waals surface area contributed by atoms with Crippen LogP contribution in [0, 0.1) is 0 Å². The lowest BCUT2D eigenvalue weighted by Gasteiger charge is -2.14. The predicted molar refractivity (Wildman–Crippen MR) is 61.5 cm³/mol. The highest BCUT2D eigenvalue weighted by atomic mass is 16.3. The van der Waals surface area contributed by atoms with E-state index in [9.17, 15) is 14.7 Å². The van der Waals surface area contributed by atoms with Crippen molar-refractivity contribution >= 4 is 17.5 Å². The number of aromatic hydroxyl groups is 1. The van der Waals surface area contributed by atoms with Gasteiger partial charge in [-0.2, -0.15) is 0 Å². The first-order valence-corrected chi connectivity index (χ1v) is 5.01. The van der Waals surface area contributed by atoms with Crippen molar-refractivity contribution in [2.24, 2.45) is 0 Å². The summed E-state index contributed by atoms with van der Waals surface area (Å²) >= 11 is 0. The van der Waals surface area contributed by atoms with Crippen LogP contribution in [0.2, 0.25) is 0 Å². The number of likely N-dealkylation sites (N-methyl/N-ethyl adjacent to an activating group) is 1. The van der Waals surface area contributed by atoms with Gasteiger partial charge in [-0.15, -0.1) is 0 Å². The molecule has 0 aliphatic carbocycles. The first kappa shape index (κ1) is 13.0. The number of nitrogens with one attached hydrogen (secondary N) is 1. The number of amides is 2. The number of aliphatic hydroxyl groups excluding tert-OH is 1. The molecule has 92 valence electrons. The van der Waals surface area contributed by atoms with Crippen LogP contribution in [0.1, 0.15) is 0 Å². The van der Waals surface area contributed by atoms with Gasteiger partial charge in [0.15, 0.2) is 0 Å². The Balaban J connectivity index is 2.63. The quantitative estimate of drug-likeness (QED) is 0.635. The normalized spacial score (nSPS) is 9.76. The molecule has 1 rings (SSSR count). The maximum absolute atomic E-state index is 11.5. The first-order chi connectivity index (χ1) is 8.04. The van der Waals surface area contributed by atoms with Crippen LogP contribution in [-0.4, -0.2) is 47.1 Å². The number of rotatable bonds is 3. The molecule has 6 nitrogen and oxygen atoms in total. The average Bonchev–Trinajstić information content (AvgIpc) is 2.28. The van der Waals surface area contributed by atoms with Gasteiger partial charge in [-0.1, -0.05) is 6.07 Å². The molecule has 0 spiro atoms. The summed E-state index contributed by atoms with van der Waals surface area (Å²) in [7, 11) is 1.42. The number of benzene rings is 1. The molecule has 0 heterocycles. The zero-order valence-electron chi connectivity index (χ0n) is 9.38. The Morgan fingerprint density at radius 2 is 2.12 bits per heavy atom. The fourth-order valence-electron chi connectivity index (χ4n) is 1.19. The lowest BCUT2D eigenvalue weighted by Crippen LogP contribution is -2.38. The van der Waals surface area contributed by atoms with Gasteiger partial charge in [0.25, 0.3) is 0 Å².